The van der Waals surface area contributed by atoms with Gasteiger partial charge in [0.2, 0.25) is 0 Å². The lowest BCUT2D eigenvalue weighted by Crippen LogP contribution is -2.43. The quantitative estimate of drug-likeness (QED) is 0.507. The van der Waals surface area contributed by atoms with Gasteiger partial charge >= 0.3 is 0 Å². The highest BCUT2D eigenvalue weighted by molar-refractivity contribution is 5.61. The molecule has 1 fully saturated rings. The Morgan fingerprint density at radius 3 is 1.87 bits per heavy atom. The molecular weight excluding hydrogens is 372 g/mol. The van der Waals surface area contributed by atoms with Crippen molar-refractivity contribution in [1.82, 2.24) is 0 Å². The molecule has 0 saturated carbocycles. The van der Waals surface area contributed by atoms with E-state index in [4.69, 9.17) is 9.47 Å². The first-order valence-corrected chi connectivity index (χ1v) is 10.6. The summed E-state index contributed by atoms with van der Waals surface area (Å²) in [6.07, 6.45) is 2.19. The lowest BCUT2D eigenvalue weighted by atomic mass is 9.84. The molecule has 0 bridgehead atoms. The second kappa shape index (κ2) is 8.70. The number of hydrogen-bond acceptors (Lipinski definition) is 4. The molecule has 156 valence electrons. The fourth-order valence-electron chi connectivity index (χ4n) is 4.58. The number of rotatable bonds is 7. The van der Waals surface area contributed by atoms with Gasteiger partial charge in [0.15, 0.2) is 0 Å². The average Bonchev–Trinajstić information content (AvgIpc) is 3.20. The van der Waals surface area contributed by atoms with Crippen LogP contribution >= 0.6 is 0 Å². The molecule has 3 aromatic carbocycles. The van der Waals surface area contributed by atoms with Gasteiger partial charge in [-0.05, 0) is 60.5 Å². The molecular formula is C26H30N2O2. The van der Waals surface area contributed by atoms with Crippen LogP contribution in [0.15, 0.2) is 78.9 Å². The largest absolute Gasteiger partial charge is 0.497 e. The Labute approximate surface area is 179 Å². The van der Waals surface area contributed by atoms with Crippen molar-refractivity contribution in [2.45, 2.75) is 25.3 Å². The Balaban J connectivity index is 1.77. The molecule has 0 aliphatic carbocycles. The molecule has 0 N–H and O–H groups in total. The maximum atomic E-state index is 5.39. The van der Waals surface area contributed by atoms with E-state index in [2.05, 4.69) is 71.3 Å². The van der Waals surface area contributed by atoms with E-state index in [0.29, 0.717) is 0 Å². The van der Waals surface area contributed by atoms with Gasteiger partial charge in [-0.3, -0.25) is 0 Å². The molecule has 0 radical (unpaired) electrons. The summed E-state index contributed by atoms with van der Waals surface area (Å²) in [5.41, 5.74) is 3.69. The summed E-state index contributed by atoms with van der Waals surface area (Å²) in [7, 11) is 3.42. The minimum atomic E-state index is -0.0927. The molecule has 1 aliphatic heterocycles. The first-order valence-electron chi connectivity index (χ1n) is 10.6. The van der Waals surface area contributed by atoms with E-state index in [0.717, 1.165) is 37.6 Å². The topological polar surface area (TPSA) is 24.9 Å². The number of methoxy groups -OCH3 is 2. The molecule has 0 aromatic heterocycles. The monoisotopic (exact) mass is 402 g/mol. The Kier molecular flexibility index (Phi) is 5.84. The zero-order valence-corrected chi connectivity index (χ0v) is 18.0. The van der Waals surface area contributed by atoms with Gasteiger partial charge in [-0.2, -0.15) is 0 Å². The van der Waals surface area contributed by atoms with Gasteiger partial charge in [0.1, 0.15) is 11.5 Å². The molecule has 1 unspecified atom stereocenters. The Morgan fingerprint density at radius 1 is 0.767 bits per heavy atom. The van der Waals surface area contributed by atoms with Crippen LogP contribution in [0.1, 0.15) is 25.3 Å². The second-order valence-electron chi connectivity index (χ2n) is 7.81. The summed E-state index contributed by atoms with van der Waals surface area (Å²) in [4.78, 5) is 5.02. The maximum Gasteiger partial charge on any atom is 0.119 e. The Morgan fingerprint density at radius 2 is 1.33 bits per heavy atom. The van der Waals surface area contributed by atoms with E-state index in [1.165, 1.54) is 16.9 Å². The van der Waals surface area contributed by atoms with E-state index >= 15 is 0 Å². The smallest absolute Gasteiger partial charge is 0.119 e. The summed E-state index contributed by atoms with van der Waals surface area (Å²) < 4.78 is 10.7. The predicted molar refractivity (Wildman–Crippen MR) is 124 cm³/mol. The SMILES string of the molecule is CCCC1(c2ccccc2)CN(c2ccc(OC)cc2)CN1c1ccc(OC)cc1. The molecule has 0 spiro atoms. The van der Waals surface area contributed by atoms with Crippen molar-refractivity contribution in [2.24, 2.45) is 0 Å². The van der Waals surface area contributed by atoms with E-state index in [9.17, 15) is 0 Å². The molecule has 0 amide bonds. The van der Waals surface area contributed by atoms with Crippen LogP contribution < -0.4 is 19.3 Å². The summed E-state index contributed by atoms with van der Waals surface area (Å²) in [6.45, 7) is 4.03. The van der Waals surface area contributed by atoms with Gasteiger partial charge in [0.25, 0.3) is 0 Å². The van der Waals surface area contributed by atoms with Gasteiger partial charge in [-0.1, -0.05) is 43.7 Å². The van der Waals surface area contributed by atoms with Gasteiger partial charge in [-0.25, -0.2) is 0 Å². The lowest BCUT2D eigenvalue weighted by Gasteiger charge is -2.39. The zero-order chi connectivity index (χ0) is 21.0. The van der Waals surface area contributed by atoms with Crippen molar-refractivity contribution in [2.75, 3.05) is 37.2 Å². The van der Waals surface area contributed by atoms with Crippen LogP contribution in [0.5, 0.6) is 11.5 Å². The van der Waals surface area contributed by atoms with Gasteiger partial charge in [-0.15, -0.1) is 0 Å². The molecule has 4 nitrogen and oxygen atoms in total. The fourth-order valence-corrected chi connectivity index (χ4v) is 4.58. The van der Waals surface area contributed by atoms with Crippen molar-refractivity contribution >= 4 is 11.4 Å². The van der Waals surface area contributed by atoms with Crippen molar-refractivity contribution in [3.63, 3.8) is 0 Å². The van der Waals surface area contributed by atoms with Gasteiger partial charge in [0.05, 0.1) is 26.4 Å². The number of benzene rings is 3. The molecule has 1 saturated heterocycles. The standard InChI is InChI=1S/C26H30N2O2/c1-4-18-26(21-8-6-5-7-9-21)19-27(22-10-14-24(29-2)15-11-22)20-28(26)23-12-16-25(30-3)17-13-23/h5-17H,4,18-20H2,1-3H3. The minimum Gasteiger partial charge on any atom is -0.497 e. The molecule has 4 rings (SSSR count). The van der Waals surface area contributed by atoms with Crippen LogP contribution in [-0.2, 0) is 5.54 Å². The van der Waals surface area contributed by atoms with Crippen molar-refractivity contribution in [3.05, 3.63) is 84.4 Å². The number of nitrogens with zero attached hydrogens (tertiary/aromatic N) is 2. The lowest BCUT2D eigenvalue weighted by molar-refractivity contribution is 0.413. The third-order valence-corrected chi connectivity index (χ3v) is 6.08. The molecule has 30 heavy (non-hydrogen) atoms. The molecule has 1 heterocycles. The van der Waals surface area contributed by atoms with Crippen LogP contribution in [0.4, 0.5) is 11.4 Å². The van der Waals surface area contributed by atoms with Gasteiger partial charge in [0, 0.05) is 17.9 Å². The average molecular weight is 403 g/mol. The second-order valence-corrected chi connectivity index (χ2v) is 7.81. The summed E-state index contributed by atoms with van der Waals surface area (Å²) in [5, 5.41) is 0. The van der Waals surface area contributed by atoms with E-state index in [1.807, 2.05) is 24.3 Å². The highest BCUT2D eigenvalue weighted by Gasteiger charge is 2.45. The zero-order valence-electron chi connectivity index (χ0n) is 18.0. The van der Waals surface area contributed by atoms with Crippen LogP contribution in [0.3, 0.4) is 0 Å². The first-order chi connectivity index (χ1) is 14.7. The van der Waals surface area contributed by atoms with Crippen LogP contribution in [0.2, 0.25) is 0 Å². The van der Waals surface area contributed by atoms with Crippen LogP contribution in [-0.4, -0.2) is 27.4 Å². The molecule has 1 aliphatic rings. The highest BCUT2D eigenvalue weighted by Crippen LogP contribution is 2.44. The van der Waals surface area contributed by atoms with Crippen molar-refractivity contribution < 1.29 is 9.47 Å². The Bertz CT molecular complexity index is 941. The van der Waals surface area contributed by atoms with E-state index < -0.39 is 0 Å². The van der Waals surface area contributed by atoms with Gasteiger partial charge < -0.3 is 19.3 Å². The molecule has 3 aromatic rings. The summed E-state index contributed by atoms with van der Waals surface area (Å²) in [6, 6.07) is 27.7. The number of anilines is 2. The Hall–Kier alpha value is -3.14. The van der Waals surface area contributed by atoms with Crippen molar-refractivity contribution in [1.29, 1.82) is 0 Å². The number of hydrogen-bond donors (Lipinski definition) is 0. The summed E-state index contributed by atoms with van der Waals surface area (Å²) >= 11 is 0. The fraction of sp³-hybridized carbons (Fsp3) is 0.308. The minimum absolute atomic E-state index is 0.0927. The van der Waals surface area contributed by atoms with E-state index in [-0.39, 0.29) is 5.54 Å². The van der Waals surface area contributed by atoms with Crippen molar-refractivity contribution in [3.8, 4) is 11.5 Å². The van der Waals surface area contributed by atoms with E-state index in [1.54, 1.807) is 14.2 Å². The highest BCUT2D eigenvalue weighted by atomic mass is 16.5. The predicted octanol–water partition coefficient (Wildman–Crippen LogP) is 5.68. The third-order valence-electron chi connectivity index (χ3n) is 6.08. The number of ether oxygens (including phenoxy) is 2. The third kappa shape index (κ3) is 3.70. The van der Waals surface area contributed by atoms with Crippen LogP contribution in [0.25, 0.3) is 0 Å². The molecule has 4 heteroatoms. The first kappa shape index (κ1) is 20.1. The summed E-state index contributed by atoms with van der Waals surface area (Å²) in [5.74, 6) is 1.76. The normalized spacial score (nSPS) is 18.5. The van der Waals surface area contributed by atoms with Crippen LogP contribution in [0, 0.1) is 0 Å². The molecule has 1 atom stereocenters. The maximum absolute atomic E-state index is 5.39.